The number of phenols is 1. The summed E-state index contributed by atoms with van der Waals surface area (Å²) in [5, 5.41) is 17.8. The lowest BCUT2D eigenvalue weighted by Gasteiger charge is -2.30. The molecule has 0 saturated heterocycles. The van der Waals surface area contributed by atoms with E-state index in [1.807, 2.05) is 36.4 Å². The Kier molecular flexibility index (Phi) is 6.11. The van der Waals surface area contributed by atoms with Crippen LogP contribution < -0.4 is 15.4 Å². The molecule has 0 saturated carbocycles. The van der Waals surface area contributed by atoms with Gasteiger partial charge in [0.05, 0.1) is 17.7 Å². The Morgan fingerprint density at radius 1 is 0.900 bits per heavy atom. The molecule has 0 amide bonds. The first-order valence-electron chi connectivity index (χ1n) is 9.36. The second kappa shape index (κ2) is 8.78. The molecule has 0 radical (unpaired) electrons. The Morgan fingerprint density at radius 2 is 1.60 bits per heavy atom. The first kappa shape index (κ1) is 20.9. The third-order valence-corrected chi connectivity index (χ3v) is 5.90. The summed E-state index contributed by atoms with van der Waals surface area (Å²) >= 11 is 18.8. The molecule has 4 nitrogen and oxygen atoms in total. The maximum atomic E-state index is 10.5. The van der Waals surface area contributed by atoms with Gasteiger partial charge in [-0.2, -0.15) is 0 Å². The lowest BCUT2D eigenvalue weighted by atomic mass is 9.98. The van der Waals surface area contributed by atoms with Gasteiger partial charge in [0.25, 0.3) is 0 Å². The fourth-order valence-corrected chi connectivity index (χ4v) is 4.28. The van der Waals surface area contributed by atoms with Gasteiger partial charge < -0.3 is 20.5 Å². The van der Waals surface area contributed by atoms with E-state index >= 15 is 0 Å². The van der Waals surface area contributed by atoms with E-state index in [1.54, 1.807) is 31.4 Å². The number of methoxy groups -OCH3 is 1. The van der Waals surface area contributed by atoms with Gasteiger partial charge in [-0.05, 0) is 66.2 Å². The van der Waals surface area contributed by atoms with Crippen molar-refractivity contribution in [1.82, 2.24) is 5.32 Å². The van der Waals surface area contributed by atoms with Gasteiger partial charge in [-0.3, -0.25) is 0 Å². The van der Waals surface area contributed by atoms with Crippen molar-refractivity contribution >= 4 is 40.5 Å². The number of phenolic OH excluding ortho intramolecular Hbond substituents is 1. The van der Waals surface area contributed by atoms with E-state index in [9.17, 15) is 5.11 Å². The van der Waals surface area contributed by atoms with E-state index in [-0.39, 0.29) is 18.0 Å². The van der Waals surface area contributed by atoms with Crippen molar-refractivity contribution in [3.63, 3.8) is 0 Å². The fourth-order valence-electron chi connectivity index (χ4n) is 3.58. The molecule has 2 unspecified atom stereocenters. The van der Waals surface area contributed by atoms with Gasteiger partial charge in [0.2, 0.25) is 0 Å². The Labute approximate surface area is 190 Å². The zero-order valence-electron chi connectivity index (χ0n) is 16.1. The zero-order chi connectivity index (χ0) is 21.3. The van der Waals surface area contributed by atoms with Crippen molar-refractivity contribution in [2.24, 2.45) is 0 Å². The van der Waals surface area contributed by atoms with Crippen molar-refractivity contribution in [1.29, 1.82) is 0 Å². The average molecular weight is 463 g/mol. The predicted octanol–water partition coefficient (Wildman–Crippen LogP) is 5.31. The highest BCUT2D eigenvalue weighted by atomic mass is 35.5. The molecule has 0 aromatic heterocycles. The number of nitrogens with one attached hydrogen (secondary N) is 1. The molecule has 3 aromatic rings. The maximum absolute atomic E-state index is 10.5. The highest BCUT2D eigenvalue weighted by Crippen LogP contribution is 2.33. The largest absolute Gasteiger partial charge is 0.507 e. The van der Waals surface area contributed by atoms with Crippen LogP contribution in [0.4, 0.5) is 0 Å². The number of quaternary nitrogens is 1. The lowest BCUT2D eigenvalue weighted by molar-refractivity contribution is -0.731. The van der Waals surface area contributed by atoms with E-state index in [1.165, 1.54) is 0 Å². The van der Waals surface area contributed by atoms with E-state index in [4.69, 9.17) is 39.5 Å². The van der Waals surface area contributed by atoms with Crippen molar-refractivity contribution < 1.29 is 15.2 Å². The smallest absolute Gasteiger partial charge is 0.188 e. The van der Waals surface area contributed by atoms with Crippen LogP contribution in [0.5, 0.6) is 11.5 Å². The summed E-state index contributed by atoms with van der Waals surface area (Å²) in [4.78, 5) is 0. The van der Waals surface area contributed by atoms with Crippen LogP contribution in [0.25, 0.3) is 5.70 Å². The third-order valence-electron chi connectivity index (χ3n) is 5.10. The Balaban J connectivity index is 1.78. The first-order chi connectivity index (χ1) is 14.4. The quantitative estimate of drug-likeness (QED) is 0.492. The second-order valence-electron chi connectivity index (χ2n) is 7.02. The highest BCUT2D eigenvalue weighted by Gasteiger charge is 2.30. The predicted molar refractivity (Wildman–Crippen MR) is 121 cm³/mol. The van der Waals surface area contributed by atoms with Crippen LogP contribution in [0.3, 0.4) is 0 Å². The number of nitrogens with two attached hydrogens (primary N) is 1. The first-order valence-corrected chi connectivity index (χ1v) is 10.5. The molecular formula is C23H20Cl3N2O2+. The highest BCUT2D eigenvalue weighted by molar-refractivity contribution is 6.35. The Bertz CT molecular complexity index is 1100. The molecule has 7 heteroatoms. The molecule has 154 valence electrons. The van der Waals surface area contributed by atoms with Gasteiger partial charge in [-0.25, -0.2) is 0 Å². The summed E-state index contributed by atoms with van der Waals surface area (Å²) in [6.45, 7) is 0. The molecule has 4 N–H and O–H groups in total. The molecule has 1 aliphatic heterocycles. The number of hydrogen-bond acceptors (Lipinski definition) is 3. The lowest BCUT2D eigenvalue weighted by Crippen LogP contribution is -2.89. The van der Waals surface area contributed by atoms with Crippen molar-refractivity contribution in [3.8, 4) is 11.5 Å². The van der Waals surface area contributed by atoms with Crippen LogP contribution in [0.2, 0.25) is 15.1 Å². The number of aromatic hydroxyl groups is 1. The van der Waals surface area contributed by atoms with Gasteiger partial charge in [0.15, 0.2) is 6.17 Å². The normalized spacial score (nSPS) is 18.5. The van der Waals surface area contributed by atoms with E-state index in [0.29, 0.717) is 15.1 Å². The summed E-state index contributed by atoms with van der Waals surface area (Å²) in [6, 6.07) is 18.1. The van der Waals surface area contributed by atoms with E-state index < -0.39 is 0 Å². The molecule has 0 bridgehead atoms. The van der Waals surface area contributed by atoms with Crippen LogP contribution in [-0.4, -0.2) is 12.2 Å². The van der Waals surface area contributed by atoms with Gasteiger partial charge in [0.1, 0.15) is 17.5 Å². The molecule has 0 fully saturated rings. The summed E-state index contributed by atoms with van der Waals surface area (Å²) in [5.41, 5.74) is 3.53. The molecule has 30 heavy (non-hydrogen) atoms. The van der Waals surface area contributed by atoms with Gasteiger partial charge in [0, 0.05) is 27.4 Å². The molecule has 1 aliphatic rings. The minimum atomic E-state index is -0.194. The fraction of sp³-hybridized carbons (Fsp3) is 0.130. The number of rotatable bonds is 4. The SMILES string of the molecule is COc1ccc(C2=CC(c3cc(Cl)ccc3O)[NH2+]C(c3ccc(Cl)cc3Cl)N2)cc1. The second-order valence-corrected chi connectivity index (χ2v) is 8.30. The van der Waals surface area contributed by atoms with Crippen LogP contribution in [0.15, 0.2) is 66.7 Å². The van der Waals surface area contributed by atoms with Crippen LogP contribution in [0.1, 0.15) is 28.9 Å². The molecule has 1 heterocycles. The zero-order valence-corrected chi connectivity index (χ0v) is 18.3. The minimum Gasteiger partial charge on any atom is -0.507 e. The number of benzene rings is 3. The van der Waals surface area contributed by atoms with Gasteiger partial charge in [-0.1, -0.05) is 34.8 Å². The molecule has 3 aromatic carbocycles. The standard InChI is InChI=1S/C23H19Cl3N2O2/c1-30-16-6-2-13(3-7-16)20-12-21(18-10-14(24)5-9-22(18)29)28-23(27-20)17-8-4-15(25)11-19(17)26/h2-12,21,23,27-29H,1H3/p+1. The van der Waals surface area contributed by atoms with Crippen molar-refractivity contribution in [2.75, 3.05) is 7.11 Å². The Morgan fingerprint density at radius 3 is 2.30 bits per heavy atom. The van der Waals surface area contributed by atoms with Crippen molar-refractivity contribution in [2.45, 2.75) is 12.2 Å². The maximum Gasteiger partial charge on any atom is 0.188 e. The minimum absolute atomic E-state index is 0.182. The van der Waals surface area contributed by atoms with Gasteiger partial charge >= 0.3 is 0 Å². The average Bonchev–Trinajstić information content (AvgIpc) is 2.75. The monoisotopic (exact) mass is 461 g/mol. The number of ether oxygens (including phenoxy) is 1. The summed E-state index contributed by atoms with van der Waals surface area (Å²) in [7, 11) is 1.64. The Hall–Kier alpha value is -2.37. The van der Waals surface area contributed by atoms with Crippen LogP contribution in [-0.2, 0) is 0 Å². The summed E-state index contributed by atoms with van der Waals surface area (Å²) in [5.74, 6) is 0.969. The molecule has 2 atom stereocenters. The third kappa shape index (κ3) is 4.37. The summed E-state index contributed by atoms with van der Waals surface area (Å²) < 4.78 is 5.27. The van der Waals surface area contributed by atoms with E-state index in [2.05, 4.69) is 16.7 Å². The molecular weight excluding hydrogens is 443 g/mol. The van der Waals surface area contributed by atoms with Crippen molar-refractivity contribution in [3.05, 3.63) is 98.5 Å². The molecule has 0 aliphatic carbocycles. The number of halogens is 3. The van der Waals surface area contributed by atoms with Gasteiger partial charge in [-0.15, -0.1) is 0 Å². The van der Waals surface area contributed by atoms with Crippen LogP contribution in [0, 0.1) is 0 Å². The number of hydrogen-bond donors (Lipinski definition) is 3. The van der Waals surface area contributed by atoms with E-state index in [0.717, 1.165) is 28.1 Å². The molecule has 4 rings (SSSR count). The van der Waals surface area contributed by atoms with Crippen LogP contribution >= 0.6 is 34.8 Å². The summed E-state index contributed by atoms with van der Waals surface area (Å²) in [6.07, 6.45) is 1.87. The molecule has 0 spiro atoms. The topological polar surface area (TPSA) is 58.1 Å².